The molecule has 0 radical (unpaired) electrons. The van der Waals surface area contributed by atoms with E-state index >= 15 is 0 Å². The molecule has 8 nitrogen and oxygen atoms in total. The third-order valence-corrected chi connectivity index (χ3v) is 3.48. The minimum absolute atomic E-state index is 0.00194. The summed E-state index contributed by atoms with van der Waals surface area (Å²) in [6.45, 7) is 2.84. The summed E-state index contributed by atoms with van der Waals surface area (Å²) in [5.41, 5.74) is 0. The highest BCUT2D eigenvalue weighted by molar-refractivity contribution is 7.82. The van der Waals surface area contributed by atoms with Gasteiger partial charge in [0.2, 0.25) is 0 Å². The molecule has 0 aliphatic carbocycles. The van der Waals surface area contributed by atoms with Crippen LogP contribution in [0, 0.1) is 0 Å². The second kappa shape index (κ2) is 8.77. The maximum atomic E-state index is 10.9. The molecule has 110 valence electrons. The molecule has 0 unspecified atom stereocenters. The minimum atomic E-state index is -3.94. The number of unbranched alkanes of at least 4 members (excludes halogenated alkanes) is 1. The van der Waals surface area contributed by atoms with E-state index < -0.39 is 20.8 Å². The lowest BCUT2D eigenvalue weighted by atomic mass is 10.3. The van der Waals surface area contributed by atoms with E-state index in [4.69, 9.17) is 0 Å². The molecule has 0 aromatic carbocycles. The third kappa shape index (κ3) is 9.74. The Hall–Kier alpha value is -0.260. The summed E-state index contributed by atoms with van der Waals surface area (Å²) in [4.78, 5) is 0. The smallest absolute Gasteiger partial charge is 0.248 e. The quantitative estimate of drug-likeness (QED) is 0.504. The van der Waals surface area contributed by atoms with E-state index in [1.54, 1.807) is 0 Å². The summed E-state index contributed by atoms with van der Waals surface area (Å²) >= 11 is 0. The highest BCUT2D eigenvalue weighted by atomic mass is 32.3. The van der Waals surface area contributed by atoms with E-state index in [-0.39, 0.29) is 26.4 Å². The average molecular weight is 306 g/mol. The molecule has 0 aliphatic rings. The van der Waals surface area contributed by atoms with Crippen molar-refractivity contribution in [1.29, 1.82) is 0 Å². The summed E-state index contributed by atoms with van der Waals surface area (Å²) in [5, 5.41) is 0. The van der Waals surface area contributed by atoms with Gasteiger partial charge in [-0.1, -0.05) is 0 Å². The second-order valence-corrected chi connectivity index (χ2v) is 5.56. The molecular formula is C8H18O8S2. The van der Waals surface area contributed by atoms with E-state index in [1.165, 1.54) is 13.8 Å². The van der Waals surface area contributed by atoms with Crippen LogP contribution in [0.2, 0.25) is 0 Å². The molecule has 0 aromatic heterocycles. The fraction of sp³-hybridized carbons (Fsp3) is 1.00. The van der Waals surface area contributed by atoms with Gasteiger partial charge in [0, 0.05) is 0 Å². The van der Waals surface area contributed by atoms with Crippen molar-refractivity contribution < 1.29 is 33.6 Å². The molecule has 0 heterocycles. The number of rotatable bonds is 11. The molecule has 0 saturated carbocycles. The first-order valence-electron chi connectivity index (χ1n) is 5.40. The van der Waals surface area contributed by atoms with E-state index in [0.29, 0.717) is 12.8 Å². The lowest BCUT2D eigenvalue weighted by molar-refractivity contribution is 0.198. The Morgan fingerprint density at radius 1 is 0.667 bits per heavy atom. The van der Waals surface area contributed by atoms with Gasteiger partial charge in [-0.3, -0.25) is 0 Å². The van der Waals surface area contributed by atoms with Crippen molar-refractivity contribution in [2.75, 3.05) is 26.4 Å². The fourth-order valence-corrected chi connectivity index (χ4v) is 2.24. The van der Waals surface area contributed by atoms with Crippen molar-refractivity contribution in [3.63, 3.8) is 0 Å². The molecule has 18 heavy (non-hydrogen) atoms. The molecule has 0 amide bonds. The van der Waals surface area contributed by atoms with Crippen LogP contribution in [-0.2, 0) is 37.5 Å². The first-order chi connectivity index (χ1) is 8.33. The van der Waals surface area contributed by atoms with Gasteiger partial charge in [0.05, 0.1) is 26.4 Å². The normalized spacial score (nSPS) is 12.8. The third-order valence-electron chi connectivity index (χ3n) is 1.52. The van der Waals surface area contributed by atoms with Gasteiger partial charge in [0.15, 0.2) is 0 Å². The molecule has 0 saturated heterocycles. The first-order valence-corrected chi connectivity index (χ1v) is 8.07. The van der Waals surface area contributed by atoms with Crippen LogP contribution >= 0.6 is 0 Å². The lowest BCUT2D eigenvalue weighted by Crippen LogP contribution is -2.13. The Bertz CT molecular complexity index is 359. The zero-order valence-corrected chi connectivity index (χ0v) is 12.0. The maximum absolute atomic E-state index is 10.9. The zero-order valence-electron chi connectivity index (χ0n) is 10.3. The first kappa shape index (κ1) is 17.7. The monoisotopic (exact) mass is 306 g/mol. The van der Waals surface area contributed by atoms with Gasteiger partial charge in [-0.15, -0.1) is 0 Å². The van der Waals surface area contributed by atoms with Crippen LogP contribution in [0.5, 0.6) is 0 Å². The maximum Gasteiger partial charge on any atom is 0.399 e. The van der Waals surface area contributed by atoms with E-state index in [2.05, 4.69) is 16.7 Å². The van der Waals surface area contributed by atoms with Crippen molar-refractivity contribution in [2.45, 2.75) is 26.7 Å². The van der Waals surface area contributed by atoms with Crippen molar-refractivity contribution in [1.82, 2.24) is 0 Å². The van der Waals surface area contributed by atoms with E-state index in [0.717, 1.165) is 0 Å². The topological polar surface area (TPSA) is 105 Å². The molecule has 0 spiro atoms. The molecule has 0 rings (SSSR count). The van der Waals surface area contributed by atoms with Crippen molar-refractivity contribution >= 4 is 20.8 Å². The Morgan fingerprint density at radius 3 is 1.28 bits per heavy atom. The van der Waals surface area contributed by atoms with Crippen LogP contribution in [0.15, 0.2) is 0 Å². The van der Waals surface area contributed by atoms with Crippen molar-refractivity contribution in [3.05, 3.63) is 0 Å². The summed E-state index contributed by atoms with van der Waals surface area (Å²) in [7, 11) is -7.88. The average Bonchev–Trinajstić information content (AvgIpc) is 2.22. The Morgan fingerprint density at radius 2 is 1.00 bits per heavy atom. The van der Waals surface area contributed by atoms with Crippen LogP contribution in [0.3, 0.4) is 0 Å². The lowest BCUT2D eigenvalue weighted by Gasteiger charge is -2.05. The Balaban J connectivity index is 3.64. The minimum Gasteiger partial charge on any atom is -0.248 e. The standard InChI is InChI=1S/C8H18O8S2/c1-3-13-17(9,10)15-7-5-6-8-16-18(11,12)14-4-2/h3-8H2,1-2H3. The SMILES string of the molecule is CCOS(=O)(=O)OCCCCOS(=O)(=O)OCC. The zero-order chi connectivity index (χ0) is 14.1. The van der Waals surface area contributed by atoms with Crippen LogP contribution in [0.1, 0.15) is 26.7 Å². The summed E-state index contributed by atoms with van der Waals surface area (Å²) in [6, 6.07) is 0. The van der Waals surface area contributed by atoms with Gasteiger partial charge in [-0.05, 0) is 26.7 Å². The molecule has 0 N–H and O–H groups in total. The van der Waals surface area contributed by atoms with Crippen LogP contribution < -0.4 is 0 Å². The Kier molecular flexibility index (Phi) is 8.65. The molecule has 0 fully saturated rings. The van der Waals surface area contributed by atoms with Gasteiger partial charge < -0.3 is 0 Å². The summed E-state index contributed by atoms with van der Waals surface area (Å²) < 4.78 is 61.2. The highest BCUT2D eigenvalue weighted by Gasteiger charge is 2.11. The van der Waals surface area contributed by atoms with E-state index in [1.807, 2.05) is 0 Å². The van der Waals surface area contributed by atoms with Gasteiger partial charge in [-0.25, -0.2) is 16.7 Å². The van der Waals surface area contributed by atoms with Gasteiger partial charge in [0.25, 0.3) is 0 Å². The van der Waals surface area contributed by atoms with Crippen LogP contribution in [0.4, 0.5) is 0 Å². The highest BCUT2D eigenvalue weighted by Crippen LogP contribution is 2.01. The van der Waals surface area contributed by atoms with Gasteiger partial charge in [0.1, 0.15) is 0 Å². The summed E-state index contributed by atoms with van der Waals surface area (Å²) in [5.74, 6) is 0. The molecule has 0 atom stereocenters. The van der Waals surface area contributed by atoms with Gasteiger partial charge >= 0.3 is 20.8 Å². The van der Waals surface area contributed by atoms with Gasteiger partial charge in [-0.2, -0.15) is 16.8 Å². The number of hydrogen-bond acceptors (Lipinski definition) is 8. The van der Waals surface area contributed by atoms with Crippen molar-refractivity contribution in [2.24, 2.45) is 0 Å². The molecular weight excluding hydrogens is 288 g/mol. The van der Waals surface area contributed by atoms with Crippen molar-refractivity contribution in [3.8, 4) is 0 Å². The molecule has 0 aromatic rings. The fourth-order valence-electron chi connectivity index (χ4n) is 0.883. The Labute approximate surface area is 108 Å². The summed E-state index contributed by atoms with van der Waals surface area (Å²) in [6.07, 6.45) is 0.627. The van der Waals surface area contributed by atoms with E-state index in [9.17, 15) is 16.8 Å². The van der Waals surface area contributed by atoms with Crippen LogP contribution in [-0.4, -0.2) is 43.3 Å². The molecule has 0 bridgehead atoms. The largest absolute Gasteiger partial charge is 0.399 e. The predicted molar refractivity (Wildman–Crippen MR) is 62.2 cm³/mol. The second-order valence-electron chi connectivity index (χ2n) is 2.98. The number of hydrogen-bond donors (Lipinski definition) is 0. The molecule has 0 aliphatic heterocycles. The van der Waals surface area contributed by atoms with Crippen LogP contribution in [0.25, 0.3) is 0 Å². The predicted octanol–water partition coefficient (Wildman–Crippen LogP) is 0.362. The molecule has 10 heteroatoms.